The van der Waals surface area contributed by atoms with Gasteiger partial charge in [0.05, 0.1) is 0 Å². The van der Waals surface area contributed by atoms with Crippen molar-refractivity contribution in [3.8, 4) is 5.88 Å². The molecule has 1 rings (SSSR count). The molecule has 0 atom stereocenters. The third-order valence-corrected chi connectivity index (χ3v) is 0.776. The van der Waals surface area contributed by atoms with Gasteiger partial charge < -0.3 is 5.11 Å². The molecule has 1 aromatic rings. The Morgan fingerprint density at radius 3 is 2.50 bits per heavy atom. The first-order valence-electron chi connectivity index (χ1n) is 1.96. The van der Waals surface area contributed by atoms with Crippen molar-refractivity contribution in [2.45, 2.75) is 0 Å². The van der Waals surface area contributed by atoms with Crippen molar-refractivity contribution in [2.75, 3.05) is 0 Å². The van der Waals surface area contributed by atoms with E-state index < -0.39 is 0 Å². The molecule has 0 aromatic carbocycles. The second-order valence-electron chi connectivity index (χ2n) is 1.29. The Morgan fingerprint density at radius 1 is 1.75 bits per heavy atom. The number of aromatic nitrogens is 2. The standard InChI is InChI=1S/C4H6N2O.Na/c1-6-4(7)2-3-5-6;/h2-3,7H,1H3;/q;+1/p-1. The van der Waals surface area contributed by atoms with E-state index >= 15 is 0 Å². The van der Waals surface area contributed by atoms with Crippen LogP contribution in [0.4, 0.5) is 0 Å². The Hall–Kier alpha value is 0.0100. The molecule has 0 saturated heterocycles. The minimum absolute atomic E-state index is 0. The first kappa shape index (κ1) is 8.01. The molecule has 0 aliphatic rings. The first-order chi connectivity index (χ1) is 3.30. The molecule has 0 N–H and O–H groups in total. The summed E-state index contributed by atoms with van der Waals surface area (Å²) in [7, 11) is 1.61. The zero-order chi connectivity index (χ0) is 5.28. The number of aryl methyl sites for hydroxylation is 1. The van der Waals surface area contributed by atoms with Crippen LogP contribution in [0.15, 0.2) is 12.3 Å². The second-order valence-corrected chi connectivity index (χ2v) is 1.29. The van der Waals surface area contributed by atoms with Gasteiger partial charge in [-0.2, -0.15) is 5.10 Å². The maximum Gasteiger partial charge on any atom is 1.00 e. The summed E-state index contributed by atoms with van der Waals surface area (Å²) in [5, 5.41) is 13.9. The van der Waals surface area contributed by atoms with Crippen molar-refractivity contribution < 1.29 is 34.7 Å². The summed E-state index contributed by atoms with van der Waals surface area (Å²) in [6.07, 6.45) is 1.47. The van der Waals surface area contributed by atoms with Gasteiger partial charge in [0, 0.05) is 13.2 Å². The first-order valence-corrected chi connectivity index (χ1v) is 1.96. The molecule has 1 heterocycles. The van der Waals surface area contributed by atoms with E-state index in [-0.39, 0.29) is 35.4 Å². The van der Waals surface area contributed by atoms with E-state index in [0.29, 0.717) is 0 Å². The maximum absolute atomic E-state index is 10.3. The van der Waals surface area contributed by atoms with Crippen LogP contribution >= 0.6 is 0 Å². The van der Waals surface area contributed by atoms with E-state index in [9.17, 15) is 5.11 Å². The van der Waals surface area contributed by atoms with Crippen LogP contribution in [0, 0.1) is 0 Å². The van der Waals surface area contributed by atoms with Crippen molar-refractivity contribution in [2.24, 2.45) is 7.05 Å². The minimum atomic E-state index is -0.0556. The van der Waals surface area contributed by atoms with Gasteiger partial charge in [-0.15, -0.1) is 0 Å². The Kier molecular flexibility index (Phi) is 3.12. The minimum Gasteiger partial charge on any atom is -0.859 e. The van der Waals surface area contributed by atoms with Gasteiger partial charge in [0.15, 0.2) is 0 Å². The fourth-order valence-electron chi connectivity index (χ4n) is 0.362. The van der Waals surface area contributed by atoms with Gasteiger partial charge >= 0.3 is 29.6 Å². The Balaban J connectivity index is 0.000000490. The smallest absolute Gasteiger partial charge is 0.859 e. The van der Waals surface area contributed by atoms with Gasteiger partial charge in [-0.05, 0) is 11.9 Å². The fraction of sp³-hybridized carbons (Fsp3) is 0.250. The van der Waals surface area contributed by atoms with Crippen LogP contribution in [0.5, 0.6) is 5.88 Å². The Morgan fingerprint density at radius 2 is 2.38 bits per heavy atom. The number of nitrogens with zero attached hydrogens (tertiary/aromatic N) is 2. The van der Waals surface area contributed by atoms with E-state index in [1.807, 2.05) is 0 Å². The van der Waals surface area contributed by atoms with Crippen LogP contribution in [-0.4, -0.2) is 9.78 Å². The van der Waals surface area contributed by atoms with Crippen LogP contribution in [0.25, 0.3) is 0 Å². The third-order valence-electron chi connectivity index (χ3n) is 0.776. The van der Waals surface area contributed by atoms with E-state index in [0.717, 1.165) is 0 Å². The molecule has 1 aromatic heterocycles. The van der Waals surface area contributed by atoms with Crippen molar-refractivity contribution in [1.29, 1.82) is 0 Å². The Bertz CT molecular complexity index is 146. The van der Waals surface area contributed by atoms with Crippen molar-refractivity contribution >= 4 is 0 Å². The normalized spacial score (nSPS) is 8.12. The molecule has 0 radical (unpaired) electrons. The molecule has 0 unspecified atom stereocenters. The molecule has 0 aliphatic heterocycles. The number of hydrogen-bond acceptors (Lipinski definition) is 2. The summed E-state index contributed by atoms with van der Waals surface area (Å²) in [5.41, 5.74) is 0. The van der Waals surface area contributed by atoms with E-state index in [1.165, 1.54) is 16.9 Å². The molecule has 0 saturated carbocycles. The van der Waals surface area contributed by atoms with E-state index in [1.54, 1.807) is 7.05 Å². The summed E-state index contributed by atoms with van der Waals surface area (Å²) in [5.74, 6) is -0.0556. The molecule has 0 aliphatic carbocycles. The zero-order valence-corrected chi connectivity index (χ0v) is 6.96. The molecule has 0 bridgehead atoms. The van der Waals surface area contributed by atoms with Crippen LogP contribution in [0.3, 0.4) is 0 Å². The summed E-state index contributed by atoms with van der Waals surface area (Å²) < 4.78 is 1.28. The maximum atomic E-state index is 10.3. The number of hydrogen-bond donors (Lipinski definition) is 0. The van der Waals surface area contributed by atoms with Crippen molar-refractivity contribution in [3.05, 3.63) is 12.3 Å². The van der Waals surface area contributed by atoms with Gasteiger partial charge in [-0.25, -0.2) is 0 Å². The molecule has 0 fully saturated rings. The molecule has 4 heteroatoms. The molecular formula is C4H5N2NaO. The van der Waals surface area contributed by atoms with Crippen molar-refractivity contribution in [3.63, 3.8) is 0 Å². The monoisotopic (exact) mass is 120 g/mol. The van der Waals surface area contributed by atoms with Crippen LogP contribution in [-0.2, 0) is 7.05 Å². The van der Waals surface area contributed by atoms with Crippen LogP contribution < -0.4 is 34.7 Å². The van der Waals surface area contributed by atoms with Gasteiger partial charge in [0.2, 0.25) is 0 Å². The predicted molar refractivity (Wildman–Crippen MR) is 22.7 cm³/mol. The van der Waals surface area contributed by atoms with Gasteiger partial charge in [-0.3, -0.25) is 4.68 Å². The topological polar surface area (TPSA) is 40.9 Å². The third kappa shape index (κ3) is 1.51. The molecular weight excluding hydrogens is 115 g/mol. The molecule has 0 amide bonds. The number of rotatable bonds is 0. The van der Waals surface area contributed by atoms with E-state index in [4.69, 9.17) is 0 Å². The largest absolute Gasteiger partial charge is 1.00 e. The SMILES string of the molecule is Cn1nccc1[O-].[Na+]. The molecule has 0 spiro atoms. The summed E-state index contributed by atoms with van der Waals surface area (Å²) in [6.45, 7) is 0. The predicted octanol–water partition coefficient (Wildman–Crippen LogP) is -3.50. The van der Waals surface area contributed by atoms with E-state index in [2.05, 4.69) is 5.10 Å². The van der Waals surface area contributed by atoms with Crippen LogP contribution in [0.2, 0.25) is 0 Å². The average molecular weight is 120 g/mol. The zero-order valence-electron chi connectivity index (χ0n) is 4.96. The molecule has 38 valence electrons. The summed E-state index contributed by atoms with van der Waals surface area (Å²) >= 11 is 0. The summed E-state index contributed by atoms with van der Waals surface area (Å²) in [6, 6.07) is 1.42. The molecule has 8 heavy (non-hydrogen) atoms. The van der Waals surface area contributed by atoms with Gasteiger partial charge in [-0.1, -0.05) is 0 Å². The van der Waals surface area contributed by atoms with Crippen LogP contribution in [0.1, 0.15) is 0 Å². The van der Waals surface area contributed by atoms with Gasteiger partial charge in [0.1, 0.15) is 0 Å². The van der Waals surface area contributed by atoms with Gasteiger partial charge in [0.25, 0.3) is 0 Å². The quantitative estimate of drug-likeness (QED) is 0.333. The Labute approximate surface area is 69.6 Å². The fourth-order valence-corrected chi connectivity index (χ4v) is 0.362. The average Bonchev–Trinajstić information content (AvgIpc) is 1.91. The summed E-state index contributed by atoms with van der Waals surface area (Å²) in [4.78, 5) is 0. The second kappa shape index (κ2) is 3.12. The molecule has 3 nitrogen and oxygen atoms in total. The van der Waals surface area contributed by atoms with Crippen molar-refractivity contribution in [1.82, 2.24) is 9.78 Å².